The summed E-state index contributed by atoms with van der Waals surface area (Å²) in [5, 5.41) is 11.7. The lowest BCUT2D eigenvalue weighted by Gasteiger charge is -2.60. The van der Waals surface area contributed by atoms with Gasteiger partial charge in [-0.15, -0.1) is 0 Å². The molecule has 1 N–H and O–H groups in total. The van der Waals surface area contributed by atoms with E-state index >= 15 is 0 Å². The molecule has 4 rings (SSSR count). The zero-order valence-corrected chi connectivity index (χ0v) is 22.7. The lowest BCUT2D eigenvalue weighted by molar-refractivity contribution is -0.157. The standard InChI is InChI=1S/C28H38O7S/c1-6-24(32)35-23-11-16(29)10-20-15(2)9-17-18-7-8-19(22(31)13-34-25(33)14-36-5)27(18,3)12-21(30)26(17)28(20,23)4/h10-11,15,17-19,21,26,30H,6-9,12-14H2,1-5H3/t15-,17-,18-,19+,21-,26+,27-,28+/m0/s1. The van der Waals surface area contributed by atoms with Crippen molar-refractivity contribution in [1.82, 2.24) is 0 Å². The van der Waals surface area contributed by atoms with Gasteiger partial charge in [-0.2, -0.15) is 11.8 Å². The van der Waals surface area contributed by atoms with Crippen molar-refractivity contribution in [2.45, 2.75) is 65.9 Å². The van der Waals surface area contributed by atoms with E-state index in [2.05, 4.69) is 13.8 Å². The fourth-order valence-corrected chi connectivity index (χ4v) is 8.40. The molecule has 36 heavy (non-hydrogen) atoms. The molecular formula is C28H38O7S. The number of carbonyl (C=O) groups excluding carboxylic acids is 4. The first-order valence-electron chi connectivity index (χ1n) is 13.0. The van der Waals surface area contributed by atoms with Crippen LogP contribution in [0, 0.1) is 40.4 Å². The number of aliphatic hydroxyl groups is 1. The number of fused-ring (bicyclic) bond motifs is 5. The van der Waals surface area contributed by atoms with E-state index < -0.39 is 22.9 Å². The Labute approximate surface area is 217 Å². The van der Waals surface area contributed by atoms with Crippen LogP contribution >= 0.6 is 11.8 Å². The average molecular weight is 519 g/mol. The number of hydrogen-bond acceptors (Lipinski definition) is 8. The number of hydrogen-bond donors (Lipinski definition) is 1. The number of esters is 2. The van der Waals surface area contributed by atoms with Crippen LogP contribution in [0.25, 0.3) is 0 Å². The van der Waals surface area contributed by atoms with Gasteiger partial charge in [0.05, 0.1) is 17.3 Å². The summed E-state index contributed by atoms with van der Waals surface area (Å²) >= 11 is 1.36. The third kappa shape index (κ3) is 4.38. The van der Waals surface area contributed by atoms with Crippen LogP contribution in [0.5, 0.6) is 0 Å². The molecule has 3 saturated carbocycles. The van der Waals surface area contributed by atoms with E-state index in [1.165, 1.54) is 17.8 Å². The molecule has 3 fully saturated rings. The minimum absolute atomic E-state index is 0.0704. The molecule has 4 aliphatic carbocycles. The lowest BCUT2D eigenvalue weighted by atomic mass is 9.44. The van der Waals surface area contributed by atoms with E-state index in [-0.39, 0.29) is 65.9 Å². The molecule has 0 heterocycles. The molecule has 0 unspecified atom stereocenters. The number of aliphatic hydroxyl groups excluding tert-OH is 1. The van der Waals surface area contributed by atoms with E-state index in [1.807, 2.05) is 13.2 Å². The number of ether oxygens (including phenoxy) is 2. The lowest BCUT2D eigenvalue weighted by Crippen LogP contribution is -2.59. The Morgan fingerprint density at radius 1 is 1.17 bits per heavy atom. The molecule has 8 atom stereocenters. The van der Waals surface area contributed by atoms with Crippen LogP contribution in [0.4, 0.5) is 0 Å². The first kappa shape index (κ1) is 27.1. The second-order valence-corrected chi connectivity index (χ2v) is 12.3. The topological polar surface area (TPSA) is 107 Å². The fourth-order valence-electron chi connectivity index (χ4n) is 8.08. The minimum Gasteiger partial charge on any atom is -0.457 e. The Hall–Kier alpha value is -1.93. The number of ketones is 2. The summed E-state index contributed by atoms with van der Waals surface area (Å²) in [6, 6.07) is 0. The van der Waals surface area contributed by atoms with Crippen LogP contribution in [-0.4, -0.2) is 53.3 Å². The van der Waals surface area contributed by atoms with E-state index in [0.717, 1.165) is 18.4 Å². The summed E-state index contributed by atoms with van der Waals surface area (Å²) in [6.07, 6.45) is 7.14. The van der Waals surface area contributed by atoms with Gasteiger partial charge in [-0.25, -0.2) is 0 Å². The number of thioether (sulfide) groups is 1. The van der Waals surface area contributed by atoms with Crippen LogP contribution in [-0.2, 0) is 28.7 Å². The molecule has 0 saturated heterocycles. The zero-order valence-electron chi connectivity index (χ0n) is 21.9. The molecule has 0 amide bonds. The Kier molecular flexibility index (Phi) is 7.60. The molecular weight excluding hydrogens is 480 g/mol. The van der Waals surface area contributed by atoms with E-state index in [4.69, 9.17) is 9.47 Å². The molecule has 198 valence electrons. The van der Waals surface area contributed by atoms with Gasteiger partial charge in [-0.05, 0) is 73.7 Å². The Balaban J connectivity index is 1.64. The summed E-state index contributed by atoms with van der Waals surface area (Å²) in [7, 11) is 0. The van der Waals surface area contributed by atoms with Crippen molar-refractivity contribution in [2.75, 3.05) is 18.6 Å². The van der Waals surface area contributed by atoms with Crippen molar-refractivity contribution in [3.63, 3.8) is 0 Å². The second-order valence-electron chi connectivity index (χ2n) is 11.4. The maximum absolute atomic E-state index is 13.2. The van der Waals surface area contributed by atoms with Crippen molar-refractivity contribution in [3.8, 4) is 0 Å². The number of carbonyl (C=O) groups is 4. The summed E-state index contributed by atoms with van der Waals surface area (Å²) in [4.78, 5) is 49.9. The molecule has 0 spiro atoms. The minimum atomic E-state index is -0.767. The summed E-state index contributed by atoms with van der Waals surface area (Å²) < 4.78 is 11.0. The SMILES string of the molecule is CCC(=O)OC1=CC(=O)C=C2[C@@H](C)C[C@@H]3[C@H]([C@@H](O)C[C@]4(C)[C@@H](C(=O)COC(=O)CSC)CC[C@@H]34)[C@@]12C. The first-order valence-corrected chi connectivity index (χ1v) is 14.4. The van der Waals surface area contributed by atoms with Crippen molar-refractivity contribution >= 4 is 35.3 Å². The Morgan fingerprint density at radius 3 is 2.56 bits per heavy atom. The first-order chi connectivity index (χ1) is 17.0. The number of allylic oxidation sites excluding steroid dienone is 3. The van der Waals surface area contributed by atoms with Gasteiger partial charge in [-0.1, -0.05) is 20.8 Å². The largest absolute Gasteiger partial charge is 0.457 e. The fraction of sp³-hybridized carbons (Fsp3) is 0.714. The highest BCUT2D eigenvalue weighted by molar-refractivity contribution is 7.99. The van der Waals surface area contributed by atoms with Crippen LogP contribution in [0.1, 0.15) is 59.8 Å². The average Bonchev–Trinajstić information content (AvgIpc) is 3.15. The zero-order chi connectivity index (χ0) is 26.4. The van der Waals surface area contributed by atoms with Crippen LogP contribution < -0.4 is 0 Å². The molecule has 4 aliphatic rings. The molecule has 0 aliphatic heterocycles. The van der Waals surface area contributed by atoms with Gasteiger partial charge in [0, 0.05) is 24.3 Å². The van der Waals surface area contributed by atoms with Gasteiger partial charge in [0.15, 0.2) is 11.6 Å². The number of Topliss-reactive ketones (excluding diaryl/α,β-unsaturated/α-hetero) is 1. The Morgan fingerprint density at radius 2 is 1.89 bits per heavy atom. The molecule has 0 radical (unpaired) electrons. The van der Waals surface area contributed by atoms with Gasteiger partial charge in [0.25, 0.3) is 0 Å². The maximum atomic E-state index is 13.2. The van der Waals surface area contributed by atoms with Gasteiger partial charge in [0.1, 0.15) is 12.4 Å². The van der Waals surface area contributed by atoms with E-state index in [0.29, 0.717) is 18.6 Å². The molecule has 0 aromatic heterocycles. The second kappa shape index (κ2) is 10.1. The highest BCUT2D eigenvalue weighted by Crippen LogP contribution is 2.68. The van der Waals surface area contributed by atoms with Crippen molar-refractivity contribution in [2.24, 2.45) is 40.4 Å². The predicted molar refractivity (Wildman–Crippen MR) is 136 cm³/mol. The normalized spacial score (nSPS) is 39.2. The van der Waals surface area contributed by atoms with Gasteiger partial charge >= 0.3 is 11.9 Å². The van der Waals surface area contributed by atoms with Crippen LogP contribution in [0.15, 0.2) is 23.5 Å². The quantitative estimate of drug-likeness (QED) is 0.506. The summed E-state index contributed by atoms with van der Waals surface area (Å²) in [5.41, 5.74) is -0.254. The third-order valence-corrected chi connectivity index (χ3v) is 10.0. The van der Waals surface area contributed by atoms with Crippen molar-refractivity contribution in [3.05, 3.63) is 23.5 Å². The van der Waals surface area contributed by atoms with Crippen LogP contribution in [0.2, 0.25) is 0 Å². The summed E-state index contributed by atoms with van der Waals surface area (Å²) in [5.74, 6) is -0.629. The monoisotopic (exact) mass is 518 g/mol. The molecule has 8 heteroatoms. The molecule has 0 aromatic carbocycles. The highest BCUT2D eigenvalue weighted by Gasteiger charge is 2.65. The van der Waals surface area contributed by atoms with Gasteiger partial charge in [0.2, 0.25) is 0 Å². The van der Waals surface area contributed by atoms with Crippen LogP contribution in [0.3, 0.4) is 0 Å². The highest BCUT2D eigenvalue weighted by atomic mass is 32.2. The maximum Gasteiger partial charge on any atom is 0.316 e. The molecule has 0 aromatic rings. The van der Waals surface area contributed by atoms with E-state index in [1.54, 1.807) is 13.0 Å². The molecule has 7 nitrogen and oxygen atoms in total. The molecule has 0 bridgehead atoms. The van der Waals surface area contributed by atoms with Crippen molar-refractivity contribution in [1.29, 1.82) is 0 Å². The Bertz CT molecular complexity index is 1020. The number of rotatable bonds is 7. The predicted octanol–water partition coefficient (Wildman–Crippen LogP) is 3.88. The smallest absolute Gasteiger partial charge is 0.316 e. The summed E-state index contributed by atoms with van der Waals surface area (Å²) in [6.45, 7) is 7.70. The van der Waals surface area contributed by atoms with Crippen molar-refractivity contribution < 1.29 is 33.8 Å². The van der Waals surface area contributed by atoms with Gasteiger partial charge < -0.3 is 14.6 Å². The van der Waals surface area contributed by atoms with Gasteiger partial charge in [-0.3, -0.25) is 19.2 Å². The van der Waals surface area contributed by atoms with E-state index in [9.17, 15) is 24.3 Å². The third-order valence-electron chi connectivity index (χ3n) is 9.50.